The summed E-state index contributed by atoms with van der Waals surface area (Å²) in [6.45, 7) is 0. The van der Waals surface area contributed by atoms with Crippen LogP contribution in [0.3, 0.4) is 0 Å². The van der Waals surface area contributed by atoms with Gasteiger partial charge in [0.15, 0.2) is 0 Å². The Morgan fingerprint density at radius 3 is 2.56 bits per heavy atom. The molecule has 2 nitrogen and oxygen atoms in total. The Morgan fingerprint density at radius 1 is 1.67 bits per heavy atom. The SMILES string of the molecule is O=C(O)[C@H]1CSC[C@H]1F. The number of carbonyl (C=O) groups is 1. The molecule has 2 atom stereocenters. The fourth-order valence-electron chi connectivity index (χ4n) is 0.754. The average molecular weight is 150 g/mol. The zero-order chi connectivity index (χ0) is 6.85. The second kappa shape index (κ2) is 2.56. The molecule has 0 saturated carbocycles. The molecule has 0 aromatic rings. The first-order valence-electron chi connectivity index (χ1n) is 2.66. The average Bonchev–Trinajstić information content (AvgIpc) is 2.13. The molecule has 0 amide bonds. The van der Waals surface area contributed by atoms with Gasteiger partial charge in [-0.05, 0) is 0 Å². The molecular formula is C5H7FO2S. The minimum atomic E-state index is -1.13. The van der Waals surface area contributed by atoms with Gasteiger partial charge in [-0.2, -0.15) is 11.8 Å². The maximum absolute atomic E-state index is 12.4. The molecule has 4 heteroatoms. The number of thioether (sulfide) groups is 1. The van der Waals surface area contributed by atoms with Gasteiger partial charge in [-0.15, -0.1) is 0 Å². The van der Waals surface area contributed by atoms with Crippen molar-refractivity contribution in [2.24, 2.45) is 5.92 Å². The number of hydrogen-bond acceptors (Lipinski definition) is 2. The van der Waals surface area contributed by atoms with Crippen molar-refractivity contribution in [1.82, 2.24) is 0 Å². The molecule has 0 aliphatic carbocycles. The number of hydrogen-bond donors (Lipinski definition) is 1. The minimum absolute atomic E-state index is 0.344. The van der Waals surface area contributed by atoms with Crippen LogP contribution in [0.5, 0.6) is 0 Å². The van der Waals surface area contributed by atoms with Gasteiger partial charge in [0.05, 0.1) is 5.92 Å². The second-order valence-electron chi connectivity index (χ2n) is 2.00. The second-order valence-corrected chi connectivity index (χ2v) is 3.07. The van der Waals surface area contributed by atoms with E-state index in [0.29, 0.717) is 11.5 Å². The number of rotatable bonds is 1. The molecule has 0 radical (unpaired) electrons. The van der Waals surface area contributed by atoms with Gasteiger partial charge in [0.1, 0.15) is 6.17 Å². The molecule has 0 aromatic heterocycles. The summed E-state index contributed by atoms with van der Waals surface area (Å²) < 4.78 is 12.4. The first-order chi connectivity index (χ1) is 4.22. The number of carboxylic acid groups (broad SMARTS) is 1. The lowest BCUT2D eigenvalue weighted by Crippen LogP contribution is -2.22. The number of alkyl halides is 1. The summed E-state index contributed by atoms with van der Waals surface area (Å²) in [7, 11) is 0. The van der Waals surface area contributed by atoms with Crippen molar-refractivity contribution in [1.29, 1.82) is 0 Å². The maximum Gasteiger partial charge on any atom is 0.310 e. The number of halogens is 1. The highest BCUT2D eigenvalue weighted by Gasteiger charge is 2.33. The Kier molecular flexibility index (Phi) is 1.95. The molecular weight excluding hydrogens is 143 g/mol. The third kappa shape index (κ3) is 1.36. The van der Waals surface area contributed by atoms with Gasteiger partial charge < -0.3 is 5.11 Å². The van der Waals surface area contributed by atoms with Crippen molar-refractivity contribution < 1.29 is 14.3 Å². The monoisotopic (exact) mass is 150 g/mol. The van der Waals surface area contributed by atoms with Crippen molar-refractivity contribution in [3.8, 4) is 0 Å². The largest absolute Gasteiger partial charge is 0.481 e. The Labute approximate surface area is 56.4 Å². The predicted molar refractivity (Wildman–Crippen MR) is 33.3 cm³/mol. The molecule has 1 aliphatic rings. The zero-order valence-corrected chi connectivity index (χ0v) is 5.53. The fraction of sp³-hybridized carbons (Fsp3) is 0.800. The molecule has 9 heavy (non-hydrogen) atoms. The summed E-state index contributed by atoms with van der Waals surface area (Å²) in [5, 5.41) is 8.33. The number of aliphatic carboxylic acids is 1. The van der Waals surface area contributed by atoms with Gasteiger partial charge >= 0.3 is 5.97 Å². The summed E-state index contributed by atoms with van der Waals surface area (Å²) >= 11 is 1.36. The summed E-state index contributed by atoms with van der Waals surface area (Å²) in [6.07, 6.45) is -1.13. The van der Waals surface area contributed by atoms with Crippen LogP contribution in [-0.4, -0.2) is 28.8 Å². The van der Waals surface area contributed by atoms with Crippen LogP contribution in [0.15, 0.2) is 0 Å². The van der Waals surface area contributed by atoms with E-state index in [1.54, 1.807) is 0 Å². The van der Waals surface area contributed by atoms with E-state index >= 15 is 0 Å². The zero-order valence-electron chi connectivity index (χ0n) is 4.71. The van der Waals surface area contributed by atoms with Crippen molar-refractivity contribution in [3.05, 3.63) is 0 Å². The summed E-state index contributed by atoms with van der Waals surface area (Å²) in [6, 6.07) is 0. The van der Waals surface area contributed by atoms with Crippen molar-refractivity contribution in [3.63, 3.8) is 0 Å². The van der Waals surface area contributed by atoms with Gasteiger partial charge in [-0.1, -0.05) is 0 Å². The molecule has 1 N–H and O–H groups in total. The molecule has 1 aliphatic heterocycles. The van der Waals surface area contributed by atoms with E-state index in [1.165, 1.54) is 11.8 Å². The van der Waals surface area contributed by atoms with Crippen LogP contribution in [0.4, 0.5) is 4.39 Å². The highest BCUT2D eigenvalue weighted by molar-refractivity contribution is 7.99. The Hall–Kier alpha value is -0.250. The van der Waals surface area contributed by atoms with Gasteiger partial charge in [0.25, 0.3) is 0 Å². The summed E-state index contributed by atoms with van der Waals surface area (Å²) in [5.74, 6) is -0.990. The van der Waals surface area contributed by atoms with E-state index in [9.17, 15) is 9.18 Å². The molecule has 1 saturated heterocycles. The highest BCUT2D eigenvalue weighted by Crippen LogP contribution is 2.26. The van der Waals surface area contributed by atoms with Crippen LogP contribution >= 0.6 is 11.8 Å². The lowest BCUT2D eigenvalue weighted by molar-refractivity contribution is -0.142. The van der Waals surface area contributed by atoms with Crippen molar-refractivity contribution in [2.45, 2.75) is 6.17 Å². The van der Waals surface area contributed by atoms with Gasteiger partial charge in [-0.3, -0.25) is 4.79 Å². The topological polar surface area (TPSA) is 37.3 Å². The quantitative estimate of drug-likeness (QED) is 0.600. The van der Waals surface area contributed by atoms with Crippen LogP contribution in [0, 0.1) is 5.92 Å². The molecule has 52 valence electrons. The summed E-state index contributed by atoms with van der Waals surface area (Å²) in [4.78, 5) is 10.2. The third-order valence-corrected chi connectivity index (χ3v) is 2.48. The van der Waals surface area contributed by atoms with Gasteiger partial charge in [0, 0.05) is 11.5 Å². The van der Waals surface area contributed by atoms with E-state index in [0.717, 1.165) is 0 Å². The molecule has 0 aromatic carbocycles. The van der Waals surface area contributed by atoms with Crippen LogP contribution in [0.25, 0.3) is 0 Å². The normalized spacial score (nSPS) is 34.8. The number of carboxylic acids is 1. The molecule has 1 fully saturated rings. The Balaban J connectivity index is 2.49. The first-order valence-corrected chi connectivity index (χ1v) is 3.82. The minimum Gasteiger partial charge on any atom is -0.481 e. The molecule has 0 spiro atoms. The van der Waals surface area contributed by atoms with Crippen LogP contribution < -0.4 is 0 Å². The predicted octanol–water partition coefficient (Wildman–Crippen LogP) is 0.772. The fourth-order valence-corrected chi connectivity index (χ4v) is 1.95. The standard InChI is InChI=1S/C5H7FO2S/c6-4-2-9-1-3(4)5(7)8/h3-4H,1-2H2,(H,7,8)/t3-,4+/m0/s1. The smallest absolute Gasteiger partial charge is 0.310 e. The van der Waals surface area contributed by atoms with E-state index in [2.05, 4.69) is 0 Å². The van der Waals surface area contributed by atoms with Crippen molar-refractivity contribution in [2.75, 3.05) is 11.5 Å². The Bertz CT molecular complexity index is 128. The Morgan fingerprint density at radius 2 is 2.33 bits per heavy atom. The lowest BCUT2D eigenvalue weighted by atomic mass is 10.1. The molecule has 1 heterocycles. The molecule has 0 bridgehead atoms. The van der Waals surface area contributed by atoms with E-state index in [1.807, 2.05) is 0 Å². The van der Waals surface area contributed by atoms with Gasteiger partial charge in [0.2, 0.25) is 0 Å². The lowest BCUT2D eigenvalue weighted by Gasteiger charge is -2.02. The molecule has 0 unspecified atom stereocenters. The van der Waals surface area contributed by atoms with Crippen LogP contribution in [0.2, 0.25) is 0 Å². The third-order valence-electron chi connectivity index (χ3n) is 1.33. The van der Waals surface area contributed by atoms with Crippen molar-refractivity contribution >= 4 is 17.7 Å². The summed E-state index contributed by atoms with van der Waals surface area (Å²) in [5.41, 5.74) is 0. The van der Waals surface area contributed by atoms with E-state index in [-0.39, 0.29) is 0 Å². The van der Waals surface area contributed by atoms with Gasteiger partial charge in [-0.25, -0.2) is 4.39 Å². The van der Waals surface area contributed by atoms with Crippen LogP contribution in [-0.2, 0) is 4.79 Å². The first kappa shape index (κ1) is 6.86. The maximum atomic E-state index is 12.4. The highest BCUT2D eigenvalue weighted by atomic mass is 32.2. The molecule has 1 rings (SSSR count). The van der Waals surface area contributed by atoms with Crippen LogP contribution in [0.1, 0.15) is 0 Å². The van der Waals surface area contributed by atoms with E-state index < -0.39 is 18.1 Å². The van der Waals surface area contributed by atoms with E-state index in [4.69, 9.17) is 5.11 Å².